The van der Waals surface area contributed by atoms with Gasteiger partial charge in [-0.2, -0.15) is 0 Å². The van der Waals surface area contributed by atoms with E-state index in [-0.39, 0.29) is 40.0 Å². The number of halogens is 2. The molecule has 2 rings (SSSR count). The first kappa shape index (κ1) is 15.2. The van der Waals surface area contributed by atoms with Gasteiger partial charge in [-0.25, -0.2) is 0 Å². The third-order valence-electron chi connectivity index (χ3n) is 1.87. The average molecular weight is 336 g/mol. The Morgan fingerprint density at radius 1 is 0.933 bits per heavy atom. The predicted octanol–water partition coefficient (Wildman–Crippen LogP) is 0.539. The van der Waals surface area contributed by atoms with Crippen LogP contribution in [0, 0.1) is 6.07 Å². The molecule has 0 aliphatic carbocycles. The van der Waals surface area contributed by atoms with Gasteiger partial charge in [0.25, 0.3) is 0 Å². The maximum Gasteiger partial charge on any atom is 2.00 e. The Kier molecular flexibility index (Phi) is 7.52. The SMILES string of the molecule is Brc1ccccc1-c1[c-]cccc1.[Br-].[Mg+2]. The Bertz CT molecular complexity index is 401. The Morgan fingerprint density at radius 3 is 2.20 bits per heavy atom. The van der Waals surface area contributed by atoms with Crippen molar-refractivity contribution >= 4 is 39.0 Å². The number of hydrogen-bond acceptors (Lipinski definition) is 0. The zero-order valence-electron chi connectivity index (χ0n) is 8.08. The van der Waals surface area contributed by atoms with Gasteiger partial charge in [0.05, 0.1) is 0 Å². The molecule has 0 aromatic heterocycles. The van der Waals surface area contributed by atoms with Gasteiger partial charge in [-0.05, 0) is 4.47 Å². The predicted molar refractivity (Wildman–Crippen MR) is 64.2 cm³/mol. The van der Waals surface area contributed by atoms with Gasteiger partial charge in [-0.1, -0.05) is 45.8 Å². The van der Waals surface area contributed by atoms with E-state index >= 15 is 0 Å². The third kappa shape index (κ3) is 3.91. The summed E-state index contributed by atoms with van der Waals surface area (Å²) < 4.78 is 1.11. The minimum atomic E-state index is 0. The smallest absolute Gasteiger partial charge is 1.00 e. The van der Waals surface area contributed by atoms with Crippen LogP contribution in [0.3, 0.4) is 0 Å². The van der Waals surface area contributed by atoms with Gasteiger partial charge in [-0.3, -0.25) is 0 Å². The van der Waals surface area contributed by atoms with Gasteiger partial charge >= 0.3 is 23.1 Å². The zero-order chi connectivity index (χ0) is 9.10. The normalized spacial score (nSPS) is 8.60. The van der Waals surface area contributed by atoms with Gasteiger partial charge in [-0.15, -0.1) is 35.9 Å². The van der Waals surface area contributed by atoms with E-state index < -0.39 is 0 Å². The molecule has 0 spiro atoms. The standard InChI is InChI=1S/C12H8Br.BrH.Mg/c13-12-9-5-4-8-11(12)10-6-2-1-3-7-10;;/h1-6,8-9H;1H;/q-1;;+2/p-1. The van der Waals surface area contributed by atoms with Crippen molar-refractivity contribution in [2.75, 3.05) is 0 Å². The van der Waals surface area contributed by atoms with Crippen molar-refractivity contribution < 1.29 is 17.0 Å². The molecule has 0 unspecified atom stereocenters. The molecule has 0 bridgehead atoms. The first-order valence-electron chi connectivity index (χ1n) is 4.09. The maximum absolute atomic E-state index is 3.51. The van der Waals surface area contributed by atoms with Crippen LogP contribution in [0.4, 0.5) is 0 Å². The first-order valence-corrected chi connectivity index (χ1v) is 4.89. The van der Waals surface area contributed by atoms with E-state index in [4.69, 9.17) is 0 Å². The van der Waals surface area contributed by atoms with E-state index in [2.05, 4.69) is 34.1 Å². The minimum Gasteiger partial charge on any atom is -1.00 e. The largest absolute Gasteiger partial charge is 2.00 e. The molecule has 0 aliphatic rings. The summed E-state index contributed by atoms with van der Waals surface area (Å²) >= 11 is 3.51. The molecule has 3 heteroatoms. The number of benzene rings is 2. The zero-order valence-corrected chi connectivity index (χ0v) is 12.7. The van der Waals surface area contributed by atoms with Gasteiger partial charge in [0.2, 0.25) is 0 Å². The molecule has 15 heavy (non-hydrogen) atoms. The summed E-state index contributed by atoms with van der Waals surface area (Å²) in [5.41, 5.74) is 2.30. The molecule has 0 fully saturated rings. The Morgan fingerprint density at radius 2 is 1.60 bits per heavy atom. The molecular formula is C12H8Br2Mg. The van der Waals surface area contributed by atoms with E-state index in [0.717, 1.165) is 10.0 Å². The summed E-state index contributed by atoms with van der Waals surface area (Å²) in [6.45, 7) is 0. The molecule has 0 atom stereocenters. The summed E-state index contributed by atoms with van der Waals surface area (Å²) in [4.78, 5) is 0. The second kappa shape index (κ2) is 7.44. The van der Waals surface area contributed by atoms with Crippen molar-refractivity contribution in [2.24, 2.45) is 0 Å². The molecule has 0 heterocycles. The van der Waals surface area contributed by atoms with Crippen LogP contribution >= 0.6 is 15.9 Å². The Hall–Kier alpha value is 0.166. The van der Waals surface area contributed by atoms with Crippen molar-refractivity contribution in [3.8, 4) is 11.1 Å². The molecule has 0 aliphatic heterocycles. The summed E-state index contributed by atoms with van der Waals surface area (Å²) in [7, 11) is 0. The fourth-order valence-electron chi connectivity index (χ4n) is 1.24. The van der Waals surface area contributed by atoms with Crippen molar-refractivity contribution in [2.45, 2.75) is 0 Å². The molecule has 2 aromatic carbocycles. The van der Waals surface area contributed by atoms with Crippen LogP contribution in [0.2, 0.25) is 0 Å². The fraction of sp³-hybridized carbons (Fsp3) is 0. The molecule has 0 saturated heterocycles. The van der Waals surface area contributed by atoms with Gasteiger partial charge in [0.1, 0.15) is 0 Å². The van der Waals surface area contributed by atoms with Crippen LogP contribution in [-0.2, 0) is 0 Å². The van der Waals surface area contributed by atoms with E-state index in [0.29, 0.717) is 0 Å². The van der Waals surface area contributed by atoms with Gasteiger partial charge < -0.3 is 17.0 Å². The van der Waals surface area contributed by atoms with Crippen molar-refractivity contribution in [1.29, 1.82) is 0 Å². The van der Waals surface area contributed by atoms with E-state index in [1.807, 2.05) is 36.4 Å². The Balaban J connectivity index is 0.000000980. The molecule has 72 valence electrons. The molecule has 0 radical (unpaired) electrons. The number of rotatable bonds is 1. The van der Waals surface area contributed by atoms with E-state index in [1.54, 1.807) is 0 Å². The van der Waals surface area contributed by atoms with Crippen molar-refractivity contribution in [1.82, 2.24) is 0 Å². The summed E-state index contributed by atoms with van der Waals surface area (Å²) in [5.74, 6) is 0. The molecule has 0 amide bonds. The summed E-state index contributed by atoms with van der Waals surface area (Å²) in [5, 5.41) is 0. The molecule has 0 N–H and O–H groups in total. The molecule has 2 aromatic rings. The average Bonchev–Trinajstić information content (AvgIpc) is 2.20. The second-order valence-corrected chi connectivity index (χ2v) is 3.61. The molecular weight excluding hydrogens is 328 g/mol. The second-order valence-electron chi connectivity index (χ2n) is 2.76. The van der Waals surface area contributed by atoms with Crippen LogP contribution < -0.4 is 17.0 Å². The van der Waals surface area contributed by atoms with Crippen LogP contribution in [0.15, 0.2) is 53.0 Å². The van der Waals surface area contributed by atoms with Gasteiger partial charge in [0.15, 0.2) is 0 Å². The van der Waals surface area contributed by atoms with Crippen LogP contribution in [0.5, 0.6) is 0 Å². The van der Waals surface area contributed by atoms with E-state index in [1.165, 1.54) is 5.56 Å². The van der Waals surface area contributed by atoms with Crippen molar-refractivity contribution in [3.63, 3.8) is 0 Å². The summed E-state index contributed by atoms with van der Waals surface area (Å²) in [6, 6.07) is 19.3. The van der Waals surface area contributed by atoms with Crippen LogP contribution in [0.25, 0.3) is 11.1 Å². The maximum atomic E-state index is 3.51. The first-order chi connectivity index (χ1) is 6.38. The van der Waals surface area contributed by atoms with E-state index in [9.17, 15) is 0 Å². The quantitative estimate of drug-likeness (QED) is 0.527. The monoisotopic (exact) mass is 334 g/mol. The van der Waals surface area contributed by atoms with Crippen LogP contribution in [-0.4, -0.2) is 23.1 Å². The van der Waals surface area contributed by atoms with Crippen molar-refractivity contribution in [3.05, 3.63) is 59.1 Å². The molecule has 0 nitrogen and oxygen atoms in total. The van der Waals surface area contributed by atoms with Gasteiger partial charge in [0, 0.05) is 0 Å². The Labute approximate surface area is 125 Å². The minimum absolute atomic E-state index is 0. The summed E-state index contributed by atoms with van der Waals surface area (Å²) in [6.07, 6.45) is 0. The topological polar surface area (TPSA) is 0 Å². The number of hydrogen-bond donors (Lipinski definition) is 0. The molecule has 0 saturated carbocycles. The fourth-order valence-corrected chi connectivity index (χ4v) is 1.74. The third-order valence-corrected chi connectivity index (χ3v) is 2.56. The van der Waals surface area contributed by atoms with Crippen LogP contribution in [0.1, 0.15) is 0 Å².